The molecule has 0 unspecified atom stereocenters. The average molecular weight is 337 g/mol. The molecule has 0 atom stereocenters. The van der Waals surface area contributed by atoms with E-state index in [4.69, 9.17) is 16.6 Å². The molecule has 0 fully saturated rings. The van der Waals surface area contributed by atoms with E-state index in [2.05, 4.69) is 42.2 Å². The molecular formula is C21H21ClN2. The third kappa shape index (κ3) is 2.87. The summed E-state index contributed by atoms with van der Waals surface area (Å²) in [6, 6.07) is 17.0. The number of nitrogens with zero attached hydrogens (tertiary/aromatic N) is 2. The highest BCUT2D eigenvalue weighted by Crippen LogP contribution is 2.28. The van der Waals surface area contributed by atoms with Gasteiger partial charge in [-0.25, -0.2) is 4.98 Å². The van der Waals surface area contributed by atoms with Crippen LogP contribution in [0.2, 0.25) is 5.02 Å². The molecule has 0 aliphatic carbocycles. The van der Waals surface area contributed by atoms with Crippen molar-refractivity contribution in [2.24, 2.45) is 0 Å². The van der Waals surface area contributed by atoms with Gasteiger partial charge < -0.3 is 4.90 Å². The molecule has 3 aromatic rings. The molecule has 0 saturated carbocycles. The molecule has 122 valence electrons. The van der Waals surface area contributed by atoms with E-state index in [0.29, 0.717) is 0 Å². The van der Waals surface area contributed by atoms with E-state index in [1.54, 1.807) is 0 Å². The molecule has 24 heavy (non-hydrogen) atoms. The number of fused-ring (bicyclic) bond motifs is 2. The lowest BCUT2D eigenvalue weighted by molar-refractivity contribution is 0.756. The highest BCUT2D eigenvalue weighted by molar-refractivity contribution is 6.31. The van der Waals surface area contributed by atoms with Gasteiger partial charge in [-0.3, -0.25) is 0 Å². The van der Waals surface area contributed by atoms with Crippen LogP contribution in [0.25, 0.3) is 10.9 Å². The third-order valence-electron chi connectivity index (χ3n) is 4.90. The number of benzene rings is 2. The first-order valence-electron chi connectivity index (χ1n) is 8.65. The van der Waals surface area contributed by atoms with Gasteiger partial charge in [0.15, 0.2) is 0 Å². The zero-order valence-corrected chi connectivity index (χ0v) is 14.7. The predicted molar refractivity (Wildman–Crippen MR) is 102 cm³/mol. The fourth-order valence-electron chi connectivity index (χ4n) is 3.60. The maximum atomic E-state index is 6.18. The number of hydrogen-bond acceptors (Lipinski definition) is 2. The Morgan fingerprint density at radius 1 is 1.08 bits per heavy atom. The number of halogens is 1. The van der Waals surface area contributed by atoms with Crippen molar-refractivity contribution >= 4 is 28.3 Å². The van der Waals surface area contributed by atoms with Gasteiger partial charge in [0.25, 0.3) is 0 Å². The average Bonchev–Trinajstić information content (AvgIpc) is 2.83. The minimum absolute atomic E-state index is 0.774. The normalized spacial score (nSPS) is 14.5. The first-order valence-corrected chi connectivity index (χ1v) is 9.03. The van der Waals surface area contributed by atoms with Crippen LogP contribution in [0.1, 0.15) is 30.0 Å². The molecule has 4 rings (SSSR count). The van der Waals surface area contributed by atoms with Gasteiger partial charge in [0.1, 0.15) is 5.82 Å². The lowest BCUT2D eigenvalue weighted by Crippen LogP contribution is -2.23. The summed E-state index contributed by atoms with van der Waals surface area (Å²) < 4.78 is 0. The van der Waals surface area contributed by atoms with Crippen LogP contribution in [-0.2, 0) is 19.4 Å². The molecule has 0 bridgehead atoms. The van der Waals surface area contributed by atoms with Gasteiger partial charge in [-0.15, -0.1) is 0 Å². The summed E-state index contributed by atoms with van der Waals surface area (Å²) in [5.74, 6) is 1.08. The lowest BCUT2D eigenvalue weighted by atomic mass is 10.0. The molecule has 2 nitrogen and oxygen atoms in total. The highest BCUT2D eigenvalue weighted by atomic mass is 35.5. The van der Waals surface area contributed by atoms with Gasteiger partial charge in [0, 0.05) is 23.5 Å². The number of hydrogen-bond donors (Lipinski definition) is 0. The minimum Gasteiger partial charge on any atom is -0.352 e. The van der Waals surface area contributed by atoms with Crippen molar-refractivity contribution in [3.8, 4) is 0 Å². The van der Waals surface area contributed by atoms with Crippen molar-refractivity contribution in [1.82, 2.24) is 4.98 Å². The number of aryl methyl sites for hydroxylation is 2. The van der Waals surface area contributed by atoms with E-state index in [9.17, 15) is 0 Å². The van der Waals surface area contributed by atoms with Crippen LogP contribution in [0.5, 0.6) is 0 Å². The maximum Gasteiger partial charge on any atom is 0.129 e. The zero-order valence-electron chi connectivity index (χ0n) is 13.9. The Morgan fingerprint density at radius 2 is 1.92 bits per heavy atom. The lowest BCUT2D eigenvalue weighted by Gasteiger charge is -2.23. The Bertz CT molecular complexity index is 888. The SMILES string of the molecule is CCc1cc(N2CCCc3ccccc3C2)nc2ccc(Cl)cc12. The first kappa shape index (κ1) is 15.5. The Balaban J connectivity index is 1.77. The molecule has 2 aromatic carbocycles. The number of anilines is 1. The standard InChI is InChI=1S/C21H21ClN2/c1-2-15-12-21(23-20-10-9-18(22)13-19(15)20)24-11-5-8-16-6-3-4-7-17(16)14-24/h3-4,6-7,9-10,12-13H,2,5,8,11,14H2,1H3. The Morgan fingerprint density at radius 3 is 2.75 bits per heavy atom. The summed E-state index contributed by atoms with van der Waals surface area (Å²) in [6.45, 7) is 4.17. The van der Waals surface area contributed by atoms with Crippen molar-refractivity contribution in [2.75, 3.05) is 11.4 Å². The molecule has 0 radical (unpaired) electrons. The molecule has 0 saturated heterocycles. The summed E-state index contributed by atoms with van der Waals surface area (Å²) in [7, 11) is 0. The fraction of sp³-hybridized carbons (Fsp3) is 0.286. The fourth-order valence-corrected chi connectivity index (χ4v) is 3.78. The molecule has 0 amide bonds. The smallest absolute Gasteiger partial charge is 0.129 e. The summed E-state index contributed by atoms with van der Waals surface area (Å²) in [4.78, 5) is 7.35. The maximum absolute atomic E-state index is 6.18. The second kappa shape index (κ2) is 6.45. The molecule has 1 aliphatic heterocycles. The van der Waals surface area contributed by atoms with Crippen molar-refractivity contribution in [1.29, 1.82) is 0 Å². The number of rotatable bonds is 2. The van der Waals surface area contributed by atoms with Crippen LogP contribution in [0.15, 0.2) is 48.5 Å². The van der Waals surface area contributed by atoms with Crippen LogP contribution < -0.4 is 4.90 Å². The molecule has 0 spiro atoms. The highest BCUT2D eigenvalue weighted by Gasteiger charge is 2.17. The quantitative estimate of drug-likeness (QED) is 0.622. The van der Waals surface area contributed by atoms with Gasteiger partial charge in [0.05, 0.1) is 5.52 Å². The van der Waals surface area contributed by atoms with Gasteiger partial charge in [0.2, 0.25) is 0 Å². The molecule has 0 N–H and O–H groups in total. The molecule has 3 heteroatoms. The minimum atomic E-state index is 0.774. The van der Waals surface area contributed by atoms with E-state index in [1.807, 2.05) is 18.2 Å². The van der Waals surface area contributed by atoms with Crippen molar-refractivity contribution < 1.29 is 0 Å². The van der Waals surface area contributed by atoms with Gasteiger partial charge in [-0.05, 0) is 60.2 Å². The summed E-state index contributed by atoms with van der Waals surface area (Å²) in [5, 5.41) is 1.94. The molecular weight excluding hydrogens is 316 g/mol. The molecule has 1 aliphatic rings. The van der Waals surface area contributed by atoms with Gasteiger partial charge >= 0.3 is 0 Å². The van der Waals surface area contributed by atoms with E-state index >= 15 is 0 Å². The van der Waals surface area contributed by atoms with E-state index in [0.717, 1.165) is 42.3 Å². The van der Waals surface area contributed by atoms with Crippen molar-refractivity contribution in [3.63, 3.8) is 0 Å². The predicted octanol–water partition coefficient (Wildman–Crippen LogP) is 5.40. The van der Waals surface area contributed by atoms with E-state index < -0.39 is 0 Å². The summed E-state index contributed by atoms with van der Waals surface area (Å²) in [5.41, 5.74) is 5.25. The van der Waals surface area contributed by atoms with Gasteiger partial charge in [-0.2, -0.15) is 0 Å². The molecule has 2 heterocycles. The van der Waals surface area contributed by atoms with E-state index in [-0.39, 0.29) is 0 Å². The van der Waals surface area contributed by atoms with Crippen LogP contribution >= 0.6 is 11.6 Å². The Kier molecular flexibility index (Phi) is 4.15. The molecule has 1 aromatic heterocycles. The second-order valence-electron chi connectivity index (χ2n) is 6.45. The number of aromatic nitrogens is 1. The first-order chi connectivity index (χ1) is 11.7. The van der Waals surface area contributed by atoms with Crippen molar-refractivity contribution in [3.05, 3.63) is 70.2 Å². The topological polar surface area (TPSA) is 16.1 Å². The van der Waals surface area contributed by atoms with Crippen LogP contribution in [0, 0.1) is 0 Å². The van der Waals surface area contributed by atoms with Crippen molar-refractivity contribution in [2.45, 2.75) is 32.7 Å². The largest absolute Gasteiger partial charge is 0.352 e. The summed E-state index contributed by atoms with van der Waals surface area (Å²) >= 11 is 6.18. The Hall–Kier alpha value is -2.06. The summed E-state index contributed by atoms with van der Waals surface area (Å²) in [6.07, 6.45) is 3.30. The van der Waals surface area contributed by atoms with E-state index in [1.165, 1.54) is 28.5 Å². The number of pyridine rings is 1. The second-order valence-corrected chi connectivity index (χ2v) is 6.88. The Labute approximate surface area is 148 Å². The van der Waals surface area contributed by atoms with Crippen LogP contribution in [-0.4, -0.2) is 11.5 Å². The van der Waals surface area contributed by atoms with Gasteiger partial charge in [-0.1, -0.05) is 42.8 Å². The third-order valence-corrected chi connectivity index (χ3v) is 5.14. The monoisotopic (exact) mass is 336 g/mol. The van der Waals surface area contributed by atoms with Crippen LogP contribution in [0.4, 0.5) is 5.82 Å². The van der Waals surface area contributed by atoms with Crippen LogP contribution in [0.3, 0.4) is 0 Å². The zero-order chi connectivity index (χ0) is 16.5.